The van der Waals surface area contributed by atoms with Gasteiger partial charge in [0, 0.05) is 7.05 Å². The molecule has 118 valence electrons. The summed E-state index contributed by atoms with van der Waals surface area (Å²) in [6.45, 7) is 10.6. The van der Waals surface area contributed by atoms with Crippen LogP contribution in [0.5, 0.6) is 0 Å². The van der Waals surface area contributed by atoms with E-state index in [-0.39, 0.29) is 12.5 Å². The molecule has 0 aliphatic carbocycles. The molecule has 0 spiro atoms. The van der Waals surface area contributed by atoms with E-state index in [1.165, 1.54) is 7.05 Å². The van der Waals surface area contributed by atoms with Crippen molar-refractivity contribution in [3.8, 4) is 0 Å². The number of likely N-dealkylation sites (N-methyl/N-ethyl adjacent to an activating group) is 1. The lowest BCUT2D eigenvalue weighted by atomic mass is 9.99. The number of hydrogen-bond donors (Lipinski definition) is 1. The lowest BCUT2D eigenvalue weighted by Crippen LogP contribution is -2.53. The van der Waals surface area contributed by atoms with Crippen LogP contribution in [0.4, 0.5) is 4.79 Å². The summed E-state index contributed by atoms with van der Waals surface area (Å²) >= 11 is 0. The molecule has 0 aromatic rings. The van der Waals surface area contributed by atoms with Crippen molar-refractivity contribution in [2.24, 2.45) is 5.92 Å². The van der Waals surface area contributed by atoms with Crippen LogP contribution < -0.4 is 0 Å². The number of aliphatic hydroxyl groups is 1. The van der Waals surface area contributed by atoms with Crippen LogP contribution in [0, 0.1) is 5.92 Å². The van der Waals surface area contributed by atoms with Gasteiger partial charge in [0.2, 0.25) is 0 Å². The van der Waals surface area contributed by atoms with Crippen molar-refractivity contribution in [3.05, 3.63) is 0 Å². The minimum atomic E-state index is -1.08. The Labute approximate surface area is 121 Å². The zero-order valence-corrected chi connectivity index (χ0v) is 13.5. The second-order valence-corrected chi connectivity index (χ2v) is 6.02. The van der Waals surface area contributed by atoms with Crippen molar-refractivity contribution >= 4 is 12.1 Å². The summed E-state index contributed by atoms with van der Waals surface area (Å²) in [7, 11) is 1.42. The van der Waals surface area contributed by atoms with Crippen LogP contribution in [0.15, 0.2) is 0 Å². The molecule has 0 unspecified atom stereocenters. The summed E-state index contributed by atoms with van der Waals surface area (Å²) in [6, 6.07) is -1.08. The van der Waals surface area contributed by atoms with E-state index in [9.17, 15) is 14.7 Å². The lowest BCUT2D eigenvalue weighted by Gasteiger charge is -2.33. The molecule has 0 bridgehead atoms. The van der Waals surface area contributed by atoms with Gasteiger partial charge in [-0.3, -0.25) is 4.90 Å². The van der Waals surface area contributed by atoms with E-state index in [1.54, 1.807) is 41.5 Å². The number of carbonyl (C=O) groups excluding carboxylic acids is 2. The van der Waals surface area contributed by atoms with Gasteiger partial charge in [0.15, 0.2) is 6.04 Å². The molecule has 0 fully saturated rings. The van der Waals surface area contributed by atoms with Crippen molar-refractivity contribution < 1.29 is 24.2 Å². The van der Waals surface area contributed by atoms with Gasteiger partial charge in [-0.25, -0.2) is 9.59 Å². The third-order valence-electron chi connectivity index (χ3n) is 2.63. The van der Waals surface area contributed by atoms with Gasteiger partial charge in [0.1, 0.15) is 5.60 Å². The highest BCUT2D eigenvalue weighted by molar-refractivity contribution is 5.82. The first-order valence-electron chi connectivity index (χ1n) is 6.81. The SMILES string of the molecule is CCOC(=O)[C@@H]([C@H](O)C(C)C)N(C)C(=O)OC(C)(C)C. The van der Waals surface area contributed by atoms with Gasteiger partial charge in [0.25, 0.3) is 0 Å². The Morgan fingerprint density at radius 2 is 1.75 bits per heavy atom. The van der Waals surface area contributed by atoms with Crippen molar-refractivity contribution in [2.75, 3.05) is 13.7 Å². The first-order valence-corrected chi connectivity index (χ1v) is 6.81. The van der Waals surface area contributed by atoms with Crippen LogP contribution in [-0.2, 0) is 14.3 Å². The Hall–Kier alpha value is -1.30. The van der Waals surface area contributed by atoms with Gasteiger partial charge in [-0.2, -0.15) is 0 Å². The highest BCUT2D eigenvalue weighted by atomic mass is 16.6. The molecule has 6 nitrogen and oxygen atoms in total. The first kappa shape index (κ1) is 18.7. The van der Waals surface area contributed by atoms with Crippen molar-refractivity contribution in [1.29, 1.82) is 0 Å². The number of hydrogen-bond acceptors (Lipinski definition) is 5. The van der Waals surface area contributed by atoms with Crippen molar-refractivity contribution in [2.45, 2.75) is 59.3 Å². The molecular weight excluding hydrogens is 262 g/mol. The zero-order valence-electron chi connectivity index (χ0n) is 13.5. The fourth-order valence-corrected chi connectivity index (χ4v) is 1.57. The highest BCUT2D eigenvalue weighted by Crippen LogP contribution is 2.17. The summed E-state index contributed by atoms with van der Waals surface area (Å²) in [4.78, 5) is 25.1. The van der Waals surface area contributed by atoms with Gasteiger partial charge in [-0.05, 0) is 33.6 Å². The number of aliphatic hydroxyl groups excluding tert-OH is 1. The van der Waals surface area contributed by atoms with E-state index in [4.69, 9.17) is 9.47 Å². The Kier molecular flexibility index (Phi) is 6.99. The zero-order chi connectivity index (χ0) is 16.1. The predicted octanol–water partition coefficient (Wildman–Crippen LogP) is 1.80. The average molecular weight is 289 g/mol. The average Bonchev–Trinajstić information content (AvgIpc) is 2.26. The summed E-state index contributed by atoms with van der Waals surface area (Å²) in [5.74, 6) is -0.837. The van der Waals surface area contributed by atoms with Gasteiger partial charge in [0.05, 0.1) is 12.7 Å². The van der Waals surface area contributed by atoms with Gasteiger partial charge in [-0.1, -0.05) is 13.8 Å². The van der Waals surface area contributed by atoms with Crippen LogP contribution in [-0.4, -0.2) is 53.5 Å². The molecule has 0 aromatic heterocycles. The molecule has 0 radical (unpaired) electrons. The van der Waals surface area contributed by atoms with Crippen LogP contribution in [0.25, 0.3) is 0 Å². The molecule has 0 aliphatic rings. The molecule has 0 aromatic carbocycles. The van der Waals surface area contributed by atoms with Gasteiger partial charge in [-0.15, -0.1) is 0 Å². The third-order valence-corrected chi connectivity index (χ3v) is 2.63. The van der Waals surface area contributed by atoms with Gasteiger partial charge >= 0.3 is 12.1 Å². The second-order valence-electron chi connectivity index (χ2n) is 6.02. The minimum Gasteiger partial charge on any atom is -0.464 e. The molecule has 20 heavy (non-hydrogen) atoms. The van der Waals surface area contributed by atoms with E-state index < -0.39 is 29.8 Å². The fraction of sp³-hybridized carbons (Fsp3) is 0.857. The van der Waals surface area contributed by atoms with E-state index in [2.05, 4.69) is 0 Å². The maximum atomic E-state index is 12.0. The number of rotatable bonds is 5. The molecular formula is C14H27NO5. The van der Waals surface area contributed by atoms with Crippen LogP contribution in [0.1, 0.15) is 41.5 Å². The van der Waals surface area contributed by atoms with E-state index in [1.807, 2.05) is 0 Å². The first-order chi connectivity index (χ1) is 9.01. The van der Waals surface area contributed by atoms with E-state index in [0.717, 1.165) is 4.90 Å². The maximum Gasteiger partial charge on any atom is 0.410 e. The van der Waals surface area contributed by atoms with Crippen LogP contribution in [0.2, 0.25) is 0 Å². The molecule has 1 amide bonds. The Bertz CT molecular complexity index is 335. The molecule has 0 saturated carbocycles. The largest absolute Gasteiger partial charge is 0.464 e. The van der Waals surface area contributed by atoms with Crippen molar-refractivity contribution in [3.63, 3.8) is 0 Å². The molecule has 0 rings (SSSR count). The highest BCUT2D eigenvalue weighted by Gasteiger charge is 2.38. The van der Waals surface area contributed by atoms with Gasteiger partial charge < -0.3 is 14.6 Å². The molecule has 0 heterocycles. The molecule has 0 aliphatic heterocycles. The number of ether oxygens (including phenoxy) is 2. The fourth-order valence-electron chi connectivity index (χ4n) is 1.57. The monoisotopic (exact) mass is 289 g/mol. The maximum absolute atomic E-state index is 12.0. The lowest BCUT2D eigenvalue weighted by molar-refractivity contribution is -0.154. The Morgan fingerprint density at radius 1 is 1.25 bits per heavy atom. The number of esters is 1. The summed E-state index contributed by atoms with van der Waals surface area (Å²) in [5, 5.41) is 10.2. The predicted molar refractivity (Wildman–Crippen MR) is 75.3 cm³/mol. The number of nitrogens with zero attached hydrogens (tertiary/aromatic N) is 1. The summed E-state index contributed by atoms with van der Waals surface area (Å²) < 4.78 is 10.1. The van der Waals surface area contributed by atoms with Crippen LogP contribution >= 0.6 is 0 Å². The summed E-state index contributed by atoms with van der Waals surface area (Å²) in [6.07, 6.45) is -1.69. The molecule has 6 heteroatoms. The minimum absolute atomic E-state index is 0.183. The Morgan fingerprint density at radius 3 is 2.10 bits per heavy atom. The smallest absolute Gasteiger partial charge is 0.410 e. The number of amides is 1. The quantitative estimate of drug-likeness (QED) is 0.781. The Balaban J connectivity index is 5.11. The second kappa shape index (κ2) is 7.47. The topological polar surface area (TPSA) is 76.1 Å². The third kappa shape index (κ3) is 5.77. The van der Waals surface area contributed by atoms with E-state index >= 15 is 0 Å². The number of carbonyl (C=O) groups is 2. The standard InChI is InChI=1S/C14H27NO5/c1-8-19-12(17)10(11(16)9(2)3)15(7)13(18)20-14(4,5)6/h9-11,16H,8H2,1-7H3/t10-,11-/m1/s1. The van der Waals surface area contributed by atoms with E-state index in [0.29, 0.717) is 0 Å². The molecule has 0 saturated heterocycles. The molecule has 1 N–H and O–H groups in total. The van der Waals surface area contributed by atoms with Crippen molar-refractivity contribution in [1.82, 2.24) is 4.90 Å². The summed E-state index contributed by atoms with van der Waals surface area (Å²) in [5.41, 5.74) is -0.673. The van der Waals surface area contributed by atoms with Crippen LogP contribution in [0.3, 0.4) is 0 Å². The normalized spacial score (nSPS) is 14.7. The molecule has 2 atom stereocenters.